The lowest BCUT2D eigenvalue weighted by Crippen LogP contribution is -2.24. The van der Waals surface area contributed by atoms with Gasteiger partial charge in [0, 0.05) is 5.56 Å². The molecule has 6 nitrogen and oxygen atoms in total. The molecule has 3 aromatic rings. The van der Waals surface area contributed by atoms with Crippen LogP contribution >= 0.6 is 11.6 Å². The number of hydrazone groups is 1. The van der Waals surface area contributed by atoms with Crippen LogP contribution in [0.1, 0.15) is 5.76 Å². The van der Waals surface area contributed by atoms with Gasteiger partial charge in [0.15, 0.2) is 6.61 Å². The number of methoxy groups -OCH3 is 1. The maximum absolute atomic E-state index is 11.7. The van der Waals surface area contributed by atoms with Crippen LogP contribution in [-0.4, -0.2) is 25.8 Å². The number of hydrogen-bond donors (Lipinski definition) is 1. The number of carbonyl (C=O) groups excluding carboxylic acids is 1. The van der Waals surface area contributed by atoms with E-state index in [-0.39, 0.29) is 12.5 Å². The Kier molecular flexibility index (Phi) is 6.12. The number of halogens is 1. The lowest BCUT2D eigenvalue weighted by Gasteiger charge is -2.04. The molecule has 3 rings (SSSR count). The second-order valence-electron chi connectivity index (χ2n) is 5.45. The molecule has 0 saturated heterocycles. The molecule has 138 valence electrons. The van der Waals surface area contributed by atoms with Crippen LogP contribution in [-0.2, 0) is 4.79 Å². The molecule has 1 heterocycles. The SMILES string of the molecule is COc1ccc(-c2ccc(C=NNC(=O)COc3ccccc3)o2)cc1Cl. The summed E-state index contributed by atoms with van der Waals surface area (Å²) in [5.41, 5.74) is 3.19. The molecule has 0 aliphatic rings. The minimum atomic E-state index is -0.371. The van der Waals surface area contributed by atoms with Gasteiger partial charge in [-0.2, -0.15) is 5.10 Å². The number of hydrogen-bond acceptors (Lipinski definition) is 5. The summed E-state index contributed by atoms with van der Waals surface area (Å²) in [5, 5.41) is 4.35. The molecule has 0 aliphatic carbocycles. The van der Waals surface area contributed by atoms with Crippen molar-refractivity contribution < 1.29 is 18.7 Å². The first-order valence-electron chi connectivity index (χ1n) is 8.09. The molecule has 0 aliphatic heterocycles. The lowest BCUT2D eigenvalue weighted by atomic mass is 10.2. The fourth-order valence-electron chi connectivity index (χ4n) is 2.26. The van der Waals surface area contributed by atoms with E-state index in [1.165, 1.54) is 6.21 Å². The molecule has 1 aromatic heterocycles. The van der Waals surface area contributed by atoms with Crippen LogP contribution < -0.4 is 14.9 Å². The van der Waals surface area contributed by atoms with Gasteiger partial charge in [0.2, 0.25) is 0 Å². The number of rotatable bonds is 7. The number of benzene rings is 2. The first-order chi connectivity index (χ1) is 13.2. The van der Waals surface area contributed by atoms with Crippen LogP contribution in [0, 0.1) is 0 Å². The van der Waals surface area contributed by atoms with Gasteiger partial charge in [-0.25, -0.2) is 5.43 Å². The van der Waals surface area contributed by atoms with Crippen molar-refractivity contribution in [3.05, 3.63) is 71.4 Å². The summed E-state index contributed by atoms with van der Waals surface area (Å²) >= 11 is 6.13. The van der Waals surface area contributed by atoms with E-state index in [2.05, 4.69) is 10.5 Å². The van der Waals surface area contributed by atoms with Crippen molar-refractivity contribution in [3.63, 3.8) is 0 Å². The predicted molar refractivity (Wildman–Crippen MR) is 103 cm³/mol. The number of nitrogens with one attached hydrogen (secondary N) is 1. The van der Waals surface area contributed by atoms with E-state index in [4.69, 9.17) is 25.5 Å². The van der Waals surface area contributed by atoms with Crippen molar-refractivity contribution in [2.24, 2.45) is 5.10 Å². The van der Waals surface area contributed by atoms with E-state index in [0.29, 0.717) is 28.0 Å². The van der Waals surface area contributed by atoms with Crippen LogP contribution in [0.2, 0.25) is 5.02 Å². The zero-order valence-electron chi connectivity index (χ0n) is 14.5. The molecule has 0 spiro atoms. The van der Waals surface area contributed by atoms with E-state index in [9.17, 15) is 4.79 Å². The van der Waals surface area contributed by atoms with E-state index in [0.717, 1.165) is 5.56 Å². The molecule has 0 radical (unpaired) electrons. The van der Waals surface area contributed by atoms with Crippen LogP contribution in [0.5, 0.6) is 11.5 Å². The zero-order valence-corrected chi connectivity index (χ0v) is 15.3. The first-order valence-corrected chi connectivity index (χ1v) is 8.47. The molecular formula is C20H17ClN2O4. The second-order valence-corrected chi connectivity index (χ2v) is 5.85. The van der Waals surface area contributed by atoms with Gasteiger partial charge in [-0.05, 0) is 42.5 Å². The largest absolute Gasteiger partial charge is 0.495 e. The molecule has 0 fully saturated rings. The number of para-hydroxylation sites is 1. The molecular weight excluding hydrogens is 368 g/mol. The predicted octanol–water partition coefficient (Wildman–Crippen LogP) is 4.14. The van der Waals surface area contributed by atoms with Crippen LogP contribution in [0.25, 0.3) is 11.3 Å². The van der Waals surface area contributed by atoms with Gasteiger partial charge in [0.05, 0.1) is 18.3 Å². The molecule has 1 N–H and O–H groups in total. The fraction of sp³-hybridized carbons (Fsp3) is 0.100. The van der Waals surface area contributed by atoms with Crippen molar-refractivity contribution >= 4 is 23.7 Å². The van der Waals surface area contributed by atoms with Gasteiger partial charge in [-0.15, -0.1) is 0 Å². The Morgan fingerprint density at radius 2 is 2.00 bits per heavy atom. The molecule has 0 bridgehead atoms. The summed E-state index contributed by atoms with van der Waals surface area (Å²) in [7, 11) is 1.56. The summed E-state index contributed by atoms with van der Waals surface area (Å²) in [6, 6.07) is 18.0. The molecule has 0 atom stereocenters. The van der Waals surface area contributed by atoms with Crippen molar-refractivity contribution in [2.45, 2.75) is 0 Å². The summed E-state index contributed by atoms with van der Waals surface area (Å²) in [6.07, 6.45) is 1.41. The molecule has 1 amide bonds. The monoisotopic (exact) mass is 384 g/mol. The molecule has 0 unspecified atom stereocenters. The Morgan fingerprint density at radius 1 is 1.19 bits per heavy atom. The Hall–Kier alpha value is -3.25. The number of nitrogens with zero attached hydrogens (tertiary/aromatic N) is 1. The highest BCUT2D eigenvalue weighted by Gasteiger charge is 2.07. The number of ether oxygens (including phenoxy) is 2. The Balaban J connectivity index is 1.54. The smallest absolute Gasteiger partial charge is 0.277 e. The zero-order chi connectivity index (χ0) is 19.1. The van der Waals surface area contributed by atoms with Gasteiger partial charge in [-0.1, -0.05) is 29.8 Å². The quantitative estimate of drug-likeness (QED) is 0.491. The van der Waals surface area contributed by atoms with Crippen molar-refractivity contribution in [1.82, 2.24) is 5.43 Å². The standard InChI is InChI=1S/C20H17ClN2O4/c1-25-19-9-7-14(11-17(19)21)18-10-8-16(27-18)12-22-23-20(24)13-26-15-5-3-2-4-6-15/h2-12H,13H2,1H3,(H,23,24). The van der Waals surface area contributed by atoms with Gasteiger partial charge in [0.25, 0.3) is 5.91 Å². The maximum atomic E-state index is 11.7. The third kappa shape index (κ3) is 5.12. The number of amides is 1. The van der Waals surface area contributed by atoms with Crippen molar-refractivity contribution in [3.8, 4) is 22.8 Å². The number of furan rings is 1. The average Bonchev–Trinajstić information content (AvgIpc) is 3.16. The Labute approximate surface area is 161 Å². The number of carbonyl (C=O) groups is 1. The normalized spacial score (nSPS) is 10.7. The second kappa shape index (κ2) is 8.91. The Bertz CT molecular complexity index is 938. The van der Waals surface area contributed by atoms with E-state index < -0.39 is 0 Å². The first kappa shape index (κ1) is 18.5. The third-order valence-electron chi connectivity index (χ3n) is 3.56. The topological polar surface area (TPSA) is 73.1 Å². The minimum absolute atomic E-state index is 0.130. The van der Waals surface area contributed by atoms with E-state index >= 15 is 0 Å². The highest BCUT2D eigenvalue weighted by atomic mass is 35.5. The average molecular weight is 385 g/mol. The third-order valence-corrected chi connectivity index (χ3v) is 3.85. The summed E-state index contributed by atoms with van der Waals surface area (Å²) in [4.78, 5) is 11.7. The van der Waals surface area contributed by atoms with Gasteiger partial charge >= 0.3 is 0 Å². The minimum Gasteiger partial charge on any atom is -0.495 e. The summed E-state index contributed by atoms with van der Waals surface area (Å²) in [6.45, 7) is -0.130. The summed E-state index contributed by atoms with van der Waals surface area (Å²) < 4.78 is 16.1. The van der Waals surface area contributed by atoms with Crippen LogP contribution in [0.15, 0.2) is 70.2 Å². The summed E-state index contributed by atoms with van der Waals surface area (Å²) in [5.74, 6) is 1.95. The Morgan fingerprint density at radius 3 is 2.74 bits per heavy atom. The highest BCUT2D eigenvalue weighted by Crippen LogP contribution is 2.30. The van der Waals surface area contributed by atoms with Crippen LogP contribution in [0.3, 0.4) is 0 Å². The molecule has 27 heavy (non-hydrogen) atoms. The van der Waals surface area contributed by atoms with Crippen LogP contribution in [0.4, 0.5) is 0 Å². The fourth-order valence-corrected chi connectivity index (χ4v) is 2.52. The maximum Gasteiger partial charge on any atom is 0.277 e. The van der Waals surface area contributed by atoms with Crippen molar-refractivity contribution in [1.29, 1.82) is 0 Å². The molecule has 7 heteroatoms. The van der Waals surface area contributed by atoms with E-state index in [1.54, 1.807) is 43.5 Å². The molecule has 0 saturated carbocycles. The molecule has 2 aromatic carbocycles. The van der Waals surface area contributed by atoms with E-state index in [1.807, 2.05) is 24.3 Å². The lowest BCUT2D eigenvalue weighted by molar-refractivity contribution is -0.123. The van der Waals surface area contributed by atoms with Gasteiger partial charge in [-0.3, -0.25) is 4.79 Å². The van der Waals surface area contributed by atoms with Gasteiger partial charge < -0.3 is 13.9 Å². The highest BCUT2D eigenvalue weighted by molar-refractivity contribution is 6.32. The van der Waals surface area contributed by atoms with Crippen molar-refractivity contribution in [2.75, 3.05) is 13.7 Å². The van der Waals surface area contributed by atoms with Gasteiger partial charge in [0.1, 0.15) is 23.0 Å².